The standard InChI is InChI=1S/C29H40N2O5S/c1-3-5-6-7-8-9-14-24(29(35)36-4-2)30-25-20-37-26(18-31(28(25)34)19-27(32)33)23-16-15-21-12-10-11-13-22(21)17-23/h10-13,15-17,24-26,30H,3-9,14,18-20H2,1-2H3,(H,32,33). The Balaban J connectivity index is 1.74. The highest BCUT2D eigenvalue weighted by atomic mass is 32.2. The lowest BCUT2D eigenvalue weighted by Gasteiger charge is -2.27. The first-order chi connectivity index (χ1) is 17.9. The second-order valence-electron chi connectivity index (χ2n) is 9.62. The van der Waals surface area contributed by atoms with E-state index in [1.54, 1.807) is 18.7 Å². The zero-order valence-electron chi connectivity index (χ0n) is 22.0. The van der Waals surface area contributed by atoms with Crippen molar-refractivity contribution in [3.63, 3.8) is 0 Å². The lowest BCUT2D eigenvalue weighted by molar-refractivity contribution is -0.148. The van der Waals surface area contributed by atoms with E-state index in [0.717, 1.165) is 35.6 Å². The normalized spacial score (nSPS) is 19.0. The number of rotatable bonds is 14. The number of fused-ring (bicyclic) bond motifs is 1. The number of carbonyl (C=O) groups excluding carboxylic acids is 2. The molecule has 1 aliphatic heterocycles. The molecule has 0 aromatic heterocycles. The van der Waals surface area contributed by atoms with Gasteiger partial charge in [0.1, 0.15) is 12.6 Å². The molecule has 202 valence electrons. The highest BCUT2D eigenvalue weighted by Gasteiger charge is 2.35. The molecule has 1 aliphatic rings. The lowest BCUT2D eigenvalue weighted by atomic mass is 10.0. The molecule has 1 amide bonds. The van der Waals surface area contributed by atoms with E-state index in [2.05, 4.69) is 42.6 Å². The SMILES string of the molecule is CCCCCCCCC(NC1CSC(c2ccc3ccccc3c2)CN(CC(=O)O)C1=O)C(=O)OCC. The molecule has 0 radical (unpaired) electrons. The highest BCUT2D eigenvalue weighted by Crippen LogP contribution is 2.35. The van der Waals surface area contributed by atoms with Crippen molar-refractivity contribution in [2.45, 2.75) is 76.1 Å². The fourth-order valence-electron chi connectivity index (χ4n) is 4.77. The fraction of sp³-hybridized carbons (Fsp3) is 0.552. The summed E-state index contributed by atoms with van der Waals surface area (Å²) in [6.07, 6.45) is 7.19. The first-order valence-electron chi connectivity index (χ1n) is 13.5. The Hall–Kier alpha value is -2.58. The first kappa shape index (κ1) is 29.0. The molecular formula is C29H40N2O5S. The zero-order valence-corrected chi connectivity index (χ0v) is 22.8. The van der Waals surface area contributed by atoms with E-state index in [0.29, 0.717) is 18.7 Å². The van der Waals surface area contributed by atoms with Crippen LogP contribution >= 0.6 is 11.8 Å². The topological polar surface area (TPSA) is 95.9 Å². The Kier molecular flexibility index (Phi) is 11.7. The number of benzene rings is 2. The second-order valence-corrected chi connectivity index (χ2v) is 10.9. The molecule has 1 saturated heterocycles. The summed E-state index contributed by atoms with van der Waals surface area (Å²) in [7, 11) is 0. The van der Waals surface area contributed by atoms with Gasteiger partial charge in [-0.05, 0) is 35.7 Å². The number of hydrogen-bond donors (Lipinski definition) is 2. The summed E-state index contributed by atoms with van der Waals surface area (Å²) in [5, 5.41) is 14.9. The summed E-state index contributed by atoms with van der Waals surface area (Å²) in [6, 6.07) is 13.1. The van der Waals surface area contributed by atoms with Crippen molar-refractivity contribution in [2.24, 2.45) is 0 Å². The van der Waals surface area contributed by atoms with Gasteiger partial charge >= 0.3 is 11.9 Å². The maximum Gasteiger partial charge on any atom is 0.323 e. The van der Waals surface area contributed by atoms with E-state index in [9.17, 15) is 19.5 Å². The molecule has 1 fully saturated rings. The Morgan fingerprint density at radius 1 is 1.08 bits per heavy atom. The number of nitrogens with zero attached hydrogens (tertiary/aromatic N) is 1. The van der Waals surface area contributed by atoms with Crippen LogP contribution in [0.25, 0.3) is 10.8 Å². The van der Waals surface area contributed by atoms with Crippen LogP contribution < -0.4 is 5.32 Å². The summed E-state index contributed by atoms with van der Waals surface area (Å²) in [4.78, 5) is 39.2. The van der Waals surface area contributed by atoms with Crippen molar-refractivity contribution in [1.82, 2.24) is 10.2 Å². The van der Waals surface area contributed by atoms with Gasteiger partial charge in [-0.2, -0.15) is 0 Å². The Morgan fingerprint density at radius 2 is 1.81 bits per heavy atom. The van der Waals surface area contributed by atoms with Crippen LogP contribution in [0.1, 0.15) is 69.6 Å². The van der Waals surface area contributed by atoms with E-state index >= 15 is 0 Å². The van der Waals surface area contributed by atoms with Crippen molar-refractivity contribution in [3.05, 3.63) is 48.0 Å². The fourth-order valence-corrected chi connectivity index (χ4v) is 6.05. The summed E-state index contributed by atoms with van der Waals surface area (Å²) in [6.45, 7) is 4.16. The number of nitrogens with one attached hydrogen (secondary N) is 1. The van der Waals surface area contributed by atoms with Gasteiger partial charge in [-0.15, -0.1) is 11.8 Å². The maximum atomic E-state index is 13.5. The molecule has 0 aliphatic carbocycles. The van der Waals surface area contributed by atoms with Gasteiger partial charge in [-0.1, -0.05) is 81.8 Å². The number of ether oxygens (including phenoxy) is 1. The molecule has 2 N–H and O–H groups in total. The Morgan fingerprint density at radius 3 is 2.54 bits per heavy atom. The number of carboxylic acid groups (broad SMARTS) is 1. The summed E-state index contributed by atoms with van der Waals surface area (Å²) in [5.41, 5.74) is 1.06. The van der Waals surface area contributed by atoms with Crippen LogP contribution in [0.15, 0.2) is 42.5 Å². The van der Waals surface area contributed by atoms with Gasteiger partial charge in [0.25, 0.3) is 0 Å². The van der Waals surface area contributed by atoms with Gasteiger partial charge in [0.15, 0.2) is 0 Å². The average Bonchev–Trinajstić information content (AvgIpc) is 3.03. The van der Waals surface area contributed by atoms with Crippen LogP contribution in [0.3, 0.4) is 0 Å². The minimum atomic E-state index is -1.05. The highest BCUT2D eigenvalue weighted by molar-refractivity contribution is 7.99. The van der Waals surface area contributed by atoms with Crippen LogP contribution in [-0.2, 0) is 19.1 Å². The smallest absolute Gasteiger partial charge is 0.323 e. The molecule has 0 saturated carbocycles. The number of esters is 1. The van der Waals surface area contributed by atoms with Crippen molar-refractivity contribution in [3.8, 4) is 0 Å². The third-order valence-corrected chi connectivity index (χ3v) is 8.10. The maximum absolute atomic E-state index is 13.5. The van der Waals surface area contributed by atoms with Crippen molar-refractivity contribution in [1.29, 1.82) is 0 Å². The molecule has 8 heteroatoms. The number of carboxylic acids is 1. The third-order valence-electron chi connectivity index (χ3n) is 6.75. The Bertz CT molecular complexity index is 1050. The number of aliphatic carboxylic acids is 1. The predicted octanol–water partition coefficient (Wildman–Crippen LogP) is 5.18. The summed E-state index contributed by atoms with van der Waals surface area (Å²) < 4.78 is 5.30. The lowest BCUT2D eigenvalue weighted by Crippen LogP contribution is -2.53. The van der Waals surface area contributed by atoms with Gasteiger partial charge in [0, 0.05) is 17.5 Å². The van der Waals surface area contributed by atoms with E-state index in [1.807, 2.05) is 12.1 Å². The van der Waals surface area contributed by atoms with Gasteiger partial charge in [0.05, 0.1) is 12.6 Å². The van der Waals surface area contributed by atoms with E-state index in [1.165, 1.54) is 24.2 Å². The Labute approximate surface area is 224 Å². The number of carbonyl (C=O) groups is 3. The predicted molar refractivity (Wildman–Crippen MR) is 149 cm³/mol. The molecule has 7 nitrogen and oxygen atoms in total. The van der Waals surface area contributed by atoms with Gasteiger partial charge < -0.3 is 14.7 Å². The van der Waals surface area contributed by atoms with Crippen LogP contribution in [0.2, 0.25) is 0 Å². The summed E-state index contributed by atoms with van der Waals surface area (Å²) >= 11 is 1.62. The first-order valence-corrected chi connectivity index (χ1v) is 14.5. The van der Waals surface area contributed by atoms with Crippen molar-refractivity contribution >= 4 is 40.4 Å². The average molecular weight is 529 g/mol. The molecule has 3 rings (SSSR count). The number of unbranched alkanes of at least 4 members (excludes halogenated alkanes) is 5. The summed E-state index contributed by atoms with van der Waals surface area (Å²) in [5.74, 6) is -1.24. The van der Waals surface area contributed by atoms with E-state index < -0.39 is 18.1 Å². The molecule has 0 spiro atoms. The van der Waals surface area contributed by atoms with Crippen LogP contribution in [-0.4, -0.2) is 65.4 Å². The number of amides is 1. The van der Waals surface area contributed by atoms with Crippen LogP contribution in [0.4, 0.5) is 0 Å². The van der Waals surface area contributed by atoms with Crippen LogP contribution in [0, 0.1) is 0 Å². The van der Waals surface area contributed by atoms with Gasteiger partial charge in [0.2, 0.25) is 5.91 Å². The largest absolute Gasteiger partial charge is 0.480 e. The van der Waals surface area contributed by atoms with E-state index in [-0.39, 0.29) is 30.3 Å². The number of hydrogen-bond acceptors (Lipinski definition) is 6. The molecule has 2 aromatic rings. The molecule has 0 bridgehead atoms. The van der Waals surface area contributed by atoms with Gasteiger partial charge in [-0.25, -0.2) is 0 Å². The second kappa shape index (κ2) is 15.0. The quantitative estimate of drug-likeness (QED) is 0.258. The molecule has 2 aromatic carbocycles. The minimum Gasteiger partial charge on any atom is -0.480 e. The third kappa shape index (κ3) is 8.75. The van der Waals surface area contributed by atoms with Gasteiger partial charge in [-0.3, -0.25) is 19.7 Å². The molecule has 1 heterocycles. The minimum absolute atomic E-state index is 0.0701. The molecule has 37 heavy (non-hydrogen) atoms. The van der Waals surface area contributed by atoms with E-state index in [4.69, 9.17) is 4.74 Å². The zero-order chi connectivity index (χ0) is 26.6. The van der Waals surface area contributed by atoms with Crippen molar-refractivity contribution < 1.29 is 24.2 Å². The number of thioether (sulfide) groups is 1. The molecule has 3 unspecified atom stereocenters. The van der Waals surface area contributed by atoms with Crippen molar-refractivity contribution in [2.75, 3.05) is 25.4 Å². The molecular weight excluding hydrogens is 488 g/mol. The molecule has 3 atom stereocenters. The van der Waals surface area contributed by atoms with Crippen LogP contribution in [0.5, 0.6) is 0 Å². The monoisotopic (exact) mass is 528 g/mol.